The molecule has 6 nitrogen and oxygen atoms in total. The number of hydrogen-bond donors (Lipinski definition) is 4. The number of nitrogen functional groups attached to an aromatic ring is 1. The minimum Gasteiger partial charge on any atom is -0.399 e. The first-order valence-electron chi connectivity index (χ1n) is 5.08. The fourth-order valence-corrected chi connectivity index (χ4v) is 1.07. The predicted molar refractivity (Wildman–Crippen MR) is 65.1 cm³/mol. The van der Waals surface area contributed by atoms with Crippen LogP contribution in [0.2, 0.25) is 0 Å². The van der Waals surface area contributed by atoms with Crippen molar-refractivity contribution in [2.75, 3.05) is 18.9 Å². The Morgan fingerprint density at radius 3 is 3.00 bits per heavy atom. The van der Waals surface area contributed by atoms with Crippen LogP contribution < -0.4 is 11.1 Å². The molecule has 0 fully saturated rings. The maximum atomic E-state index is 11.2. The first-order valence-corrected chi connectivity index (χ1v) is 5.08. The second-order valence-corrected chi connectivity index (χ2v) is 3.43. The van der Waals surface area contributed by atoms with Gasteiger partial charge in [0, 0.05) is 12.2 Å². The fourth-order valence-electron chi connectivity index (χ4n) is 1.07. The number of anilines is 1. The van der Waals surface area contributed by atoms with Gasteiger partial charge in [-0.3, -0.25) is 9.79 Å². The molecule has 0 aliphatic heterocycles. The van der Waals surface area contributed by atoms with Crippen LogP contribution >= 0.6 is 0 Å². The normalized spacial score (nSPS) is 12.6. The van der Waals surface area contributed by atoms with E-state index < -0.39 is 18.6 Å². The summed E-state index contributed by atoms with van der Waals surface area (Å²) in [5.41, 5.74) is 6.68. The second-order valence-electron chi connectivity index (χ2n) is 3.43. The summed E-state index contributed by atoms with van der Waals surface area (Å²) in [6.07, 6.45) is 0.138. The summed E-state index contributed by atoms with van der Waals surface area (Å²) in [4.78, 5) is 15.1. The average Bonchev–Trinajstić information content (AvgIpc) is 2.33. The Bertz CT molecular complexity index is 407. The summed E-state index contributed by atoms with van der Waals surface area (Å²) in [7, 11) is 0. The molecule has 0 spiro atoms. The molecule has 1 aromatic carbocycles. The lowest BCUT2D eigenvalue weighted by atomic mass is 10.3. The Labute approximate surface area is 98.8 Å². The van der Waals surface area contributed by atoms with E-state index in [2.05, 4.69) is 10.3 Å². The lowest BCUT2D eigenvalue weighted by Crippen LogP contribution is -2.34. The SMILES string of the molecule is Nc1cccc(/N=C/C(=O)NCC(O)CO)c1. The van der Waals surface area contributed by atoms with E-state index >= 15 is 0 Å². The predicted octanol–water partition coefficient (Wildman–Crippen LogP) is -0.560. The molecule has 1 rings (SSSR count). The molecule has 1 unspecified atom stereocenters. The number of benzene rings is 1. The van der Waals surface area contributed by atoms with Crippen molar-refractivity contribution in [1.82, 2.24) is 5.32 Å². The van der Waals surface area contributed by atoms with Gasteiger partial charge in [-0.1, -0.05) is 6.07 Å². The van der Waals surface area contributed by atoms with Crippen molar-refractivity contribution in [2.45, 2.75) is 6.10 Å². The molecule has 1 aromatic rings. The van der Waals surface area contributed by atoms with Gasteiger partial charge in [0.2, 0.25) is 0 Å². The van der Waals surface area contributed by atoms with E-state index in [1.165, 1.54) is 0 Å². The van der Waals surface area contributed by atoms with E-state index in [0.29, 0.717) is 11.4 Å². The third-order valence-electron chi connectivity index (χ3n) is 1.92. The highest BCUT2D eigenvalue weighted by molar-refractivity contribution is 6.26. The molecule has 6 heteroatoms. The van der Waals surface area contributed by atoms with Crippen LogP contribution in [0.4, 0.5) is 11.4 Å². The summed E-state index contributed by atoms with van der Waals surface area (Å²) in [5.74, 6) is -0.445. The molecule has 1 atom stereocenters. The fraction of sp³-hybridized carbons (Fsp3) is 0.273. The molecule has 5 N–H and O–H groups in total. The van der Waals surface area contributed by atoms with Gasteiger partial charge in [0.1, 0.15) is 0 Å². The smallest absolute Gasteiger partial charge is 0.262 e. The Kier molecular flexibility index (Phi) is 5.12. The van der Waals surface area contributed by atoms with E-state index in [1.807, 2.05) is 0 Å². The van der Waals surface area contributed by atoms with E-state index in [4.69, 9.17) is 15.9 Å². The molecular weight excluding hydrogens is 222 g/mol. The maximum absolute atomic E-state index is 11.2. The number of aliphatic hydroxyl groups is 2. The number of amides is 1. The van der Waals surface area contributed by atoms with Gasteiger partial charge in [0.15, 0.2) is 0 Å². The Morgan fingerprint density at radius 1 is 1.59 bits per heavy atom. The molecule has 0 heterocycles. The first kappa shape index (κ1) is 13.1. The molecule has 0 aliphatic carbocycles. The van der Waals surface area contributed by atoms with E-state index in [-0.39, 0.29) is 6.54 Å². The number of nitrogens with two attached hydrogens (primary N) is 1. The second kappa shape index (κ2) is 6.62. The van der Waals surface area contributed by atoms with Crippen molar-refractivity contribution >= 4 is 23.5 Å². The molecule has 1 amide bonds. The number of carbonyl (C=O) groups is 1. The molecule has 0 bridgehead atoms. The quantitative estimate of drug-likeness (QED) is 0.406. The third kappa shape index (κ3) is 5.10. The van der Waals surface area contributed by atoms with Crippen LogP contribution in [-0.4, -0.2) is 41.6 Å². The third-order valence-corrected chi connectivity index (χ3v) is 1.92. The van der Waals surface area contributed by atoms with E-state index in [1.54, 1.807) is 24.3 Å². The van der Waals surface area contributed by atoms with Crippen LogP contribution in [-0.2, 0) is 4.79 Å². The molecule has 0 radical (unpaired) electrons. The van der Waals surface area contributed by atoms with Crippen LogP contribution in [0.1, 0.15) is 0 Å². The monoisotopic (exact) mass is 237 g/mol. The number of nitrogens with one attached hydrogen (secondary N) is 1. The van der Waals surface area contributed by atoms with E-state index in [0.717, 1.165) is 6.21 Å². The van der Waals surface area contributed by atoms with Crippen molar-refractivity contribution in [2.24, 2.45) is 4.99 Å². The molecule has 0 saturated heterocycles. The zero-order valence-electron chi connectivity index (χ0n) is 9.21. The molecule has 17 heavy (non-hydrogen) atoms. The highest BCUT2D eigenvalue weighted by Gasteiger charge is 2.03. The van der Waals surface area contributed by atoms with Crippen molar-refractivity contribution in [1.29, 1.82) is 0 Å². The Morgan fingerprint density at radius 2 is 2.35 bits per heavy atom. The molecular formula is C11H15N3O3. The average molecular weight is 237 g/mol. The number of nitrogens with zero attached hydrogens (tertiary/aromatic N) is 1. The van der Waals surface area contributed by atoms with Gasteiger partial charge in [-0.25, -0.2) is 0 Å². The van der Waals surface area contributed by atoms with Gasteiger partial charge in [-0.2, -0.15) is 0 Å². The van der Waals surface area contributed by atoms with Gasteiger partial charge in [0.25, 0.3) is 5.91 Å². The van der Waals surface area contributed by atoms with Crippen molar-refractivity contribution in [3.63, 3.8) is 0 Å². The van der Waals surface area contributed by atoms with E-state index in [9.17, 15) is 4.79 Å². The minimum atomic E-state index is -0.959. The number of carbonyl (C=O) groups excluding carboxylic acids is 1. The number of aliphatic hydroxyl groups excluding tert-OH is 2. The van der Waals surface area contributed by atoms with Gasteiger partial charge in [0.05, 0.1) is 24.6 Å². The number of rotatable bonds is 5. The molecule has 0 aromatic heterocycles. The van der Waals surface area contributed by atoms with Gasteiger partial charge < -0.3 is 21.3 Å². The highest BCUT2D eigenvalue weighted by Crippen LogP contribution is 2.14. The molecule has 0 saturated carbocycles. The van der Waals surface area contributed by atoms with Crippen LogP contribution in [0.25, 0.3) is 0 Å². The maximum Gasteiger partial charge on any atom is 0.262 e. The highest BCUT2D eigenvalue weighted by atomic mass is 16.3. The Hall–Kier alpha value is -1.92. The van der Waals surface area contributed by atoms with Crippen molar-refractivity contribution in [3.8, 4) is 0 Å². The van der Waals surface area contributed by atoms with Gasteiger partial charge >= 0.3 is 0 Å². The molecule has 92 valence electrons. The zero-order chi connectivity index (χ0) is 12.7. The summed E-state index contributed by atoms with van der Waals surface area (Å²) in [6.45, 7) is -0.412. The minimum absolute atomic E-state index is 0.0156. The summed E-state index contributed by atoms with van der Waals surface area (Å²) in [5, 5.41) is 19.9. The lowest BCUT2D eigenvalue weighted by Gasteiger charge is -2.06. The summed E-state index contributed by atoms with van der Waals surface area (Å²) in [6, 6.07) is 6.79. The van der Waals surface area contributed by atoms with Crippen LogP contribution in [0.3, 0.4) is 0 Å². The van der Waals surface area contributed by atoms with Crippen LogP contribution in [0.15, 0.2) is 29.3 Å². The molecule has 0 aliphatic rings. The Balaban J connectivity index is 2.45. The summed E-state index contributed by atoms with van der Waals surface area (Å²) < 4.78 is 0. The van der Waals surface area contributed by atoms with Gasteiger partial charge in [-0.15, -0.1) is 0 Å². The van der Waals surface area contributed by atoms with Crippen LogP contribution in [0, 0.1) is 0 Å². The summed E-state index contributed by atoms with van der Waals surface area (Å²) >= 11 is 0. The van der Waals surface area contributed by atoms with Crippen molar-refractivity contribution < 1.29 is 15.0 Å². The number of hydrogen-bond acceptors (Lipinski definition) is 5. The first-order chi connectivity index (χ1) is 8.11. The van der Waals surface area contributed by atoms with Crippen LogP contribution in [0.5, 0.6) is 0 Å². The standard InChI is InChI=1S/C11H15N3O3/c12-8-2-1-3-9(4-8)13-6-11(17)14-5-10(16)7-15/h1-4,6,10,15-16H,5,7,12H2,(H,14,17)/b13-6+. The van der Waals surface area contributed by atoms with Gasteiger partial charge in [-0.05, 0) is 18.2 Å². The number of aliphatic imine (C=N–C) groups is 1. The lowest BCUT2D eigenvalue weighted by molar-refractivity contribution is -0.114. The zero-order valence-corrected chi connectivity index (χ0v) is 9.21. The largest absolute Gasteiger partial charge is 0.399 e. The van der Waals surface area contributed by atoms with Crippen molar-refractivity contribution in [3.05, 3.63) is 24.3 Å². The topological polar surface area (TPSA) is 108 Å².